The van der Waals surface area contributed by atoms with Gasteiger partial charge in [-0.15, -0.1) is 0 Å². The topological polar surface area (TPSA) is 99.8 Å². The maximum atomic E-state index is 12.9. The Morgan fingerprint density at radius 2 is 1.76 bits per heavy atom. The van der Waals surface area contributed by atoms with Crippen LogP contribution >= 0.6 is 0 Å². The Bertz CT molecular complexity index is 1580. The average Bonchev–Trinajstić information content (AvgIpc) is 3.32. The van der Waals surface area contributed by atoms with Crippen molar-refractivity contribution in [2.45, 2.75) is 98.6 Å². The van der Waals surface area contributed by atoms with Crippen molar-refractivity contribution < 1.29 is 23.9 Å². The molecule has 1 atom stereocenters. The van der Waals surface area contributed by atoms with E-state index in [0.717, 1.165) is 65.9 Å². The third kappa shape index (κ3) is 9.10. The number of aldehydes is 1. The molecule has 2 aromatic carbocycles. The summed E-state index contributed by atoms with van der Waals surface area (Å²) in [5, 5.41) is 0. The minimum Gasteiger partial charge on any atom is -0.428 e. The van der Waals surface area contributed by atoms with E-state index in [4.69, 9.17) is 14.5 Å². The molecule has 1 heterocycles. The Morgan fingerprint density at radius 3 is 2.42 bits per heavy atom. The molecule has 1 aromatic heterocycles. The zero-order valence-electron chi connectivity index (χ0n) is 27.4. The van der Waals surface area contributed by atoms with E-state index >= 15 is 0 Å². The molecule has 4 rings (SSSR count). The van der Waals surface area contributed by atoms with Crippen molar-refractivity contribution in [3.8, 4) is 16.9 Å². The number of imidazole rings is 1. The predicted octanol–water partition coefficient (Wildman–Crippen LogP) is 8.19. The number of rotatable bonds is 12. The third-order valence-corrected chi connectivity index (χ3v) is 8.07. The number of carbonyl (C=O) groups excluding carboxylic acids is 3. The largest absolute Gasteiger partial charge is 0.514 e. The highest BCUT2D eigenvalue weighted by Gasteiger charge is 2.26. The van der Waals surface area contributed by atoms with Gasteiger partial charge in [0.1, 0.15) is 23.5 Å². The quantitative estimate of drug-likeness (QED) is 0.116. The molecule has 8 nitrogen and oxygen atoms in total. The fourth-order valence-corrected chi connectivity index (χ4v) is 5.31. The fraction of sp³-hybridized carbons (Fsp3) is 0.432. The molecule has 3 aromatic rings. The van der Waals surface area contributed by atoms with Crippen LogP contribution in [0.5, 0.6) is 5.75 Å². The van der Waals surface area contributed by atoms with Gasteiger partial charge in [0.15, 0.2) is 0 Å². The fourth-order valence-electron chi connectivity index (χ4n) is 5.31. The van der Waals surface area contributed by atoms with Crippen molar-refractivity contribution in [2.24, 2.45) is 10.4 Å². The molecular formula is C37H45N3O5. The number of carbonyl (C=O) groups is 3. The van der Waals surface area contributed by atoms with E-state index in [1.165, 1.54) is 0 Å². The maximum absolute atomic E-state index is 12.9. The summed E-state index contributed by atoms with van der Waals surface area (Å²) in [5.74, 6) is 1.25. The summed E-state index contributed by atoms with van der Waals surface area (Å²) in [4.78, 5) is 45.8. The number of fused-ring (bicyclic) bond motifs is 1. The van der Waals surface area contributed by atoms with Crippen LogP contribution in [0.4, 0.5) is 4.79 Å². The molecule has 0 fully saturated rings. The molecule has 8 heteroatoms. The van der Waals surface area contributed by atoms with E-state index in [9.17, 15) is 14.4 Å². The number of para-hydroxylation sites is 1. The molecule has 1 aliphatic rings. The molecule has 0 bridgehead atoms. The van der Waals surface area contributed by atoms with E-state index in [1.807, 2.05) is 56.3 Å². The average molecular weight is 612 g/mol. The zero-order valence-corrected chi connectivity index (χ0v) is 27.4. The minimum absolute atomic E-state index is 0.201. The summed E-state index contributed by atoms with van der Waals surface area (Å²) in [6.07, 6.45) is 8.76. The second kappa shape index (κ2) is 14.6. The predicted molar refractivity (Wildman–Crippen MR) is 178 cm³/mol. The van der Waals surface area contributed by atoms with Crippen LogP contribution in [0.15, 0.2) is 59.6 Å². The summed E-state index contributed by atoms with van der Waals surface area (Å²) in [5.41, 5.74) is 4.44. The number of aliphatic imine (C=N–C) groups is 1. The molecule has 45 heavy (non-hydrogen) atoms. The van der Waals surface area contributed by atoms with Gasteiger partial charge in [0.05, 0.1) is 17.1 Å². The lowest BCUT2D eigenvalue weighted by molar-refractivity contribution is -0.120. The summed E-state index contributed by atoms with van der Waals surface area (Å²) >= 11 is 0. The standard InChI is InChI=1S/C37H45N3O5/c1-7-9-14-33-39-30-20-19-28(38-34(42)24-37(6,8-2)21-22-41)23-31(30)40(33)25-26-15-17-27(18-16-26)29-12-10-11-13-32(29)44-35(43)45-36(3,4)5/h10-13,15-20,22H,7-9,14,21,23-25H2,1-6H3. The molecule has 1 aliphatic carbocycles. The Kier molecular flexibility index (Phi) is 10.9. The second-order valence-corrected chi connectivity index (χ2v) is 13.0. The normalized spacial score (nSPS) is 14.9. The maximum Gasteiger partial charge on any atom is 0.514 e. The molecular weight excluding hydrogens is 566 g/mol. The molecule has 0 aliphatic heterocycles. The summed E-state index contributed by atoms with van der Waals surface area (Å²) < 4.78 is 13.2. The lowest BCUT2D eigenvalue weighted by Crippen LogP contribution is -2.26. The van der Waals surface area contributed by atoms with E-state index in [-0.39, 0.29) is 17.7 Å². The van der Waals surface area contributed by atoms with E-state index < -0.39 is 11.8 Å². The highest BCUT2D eigenvalue weighted by atomic mass is 16.7. The number of nitrogens with zero attached hydrogens (tertiary/aromatic N) is 3. The molecule has 0 saturated heterocycles. The van der Waals surface area contributed by atoms with Crippen LogP contribution in [0.2, 0.25) is 0 Å². The van der Waals surface area contributed by atoms with Crippen molar-refractivity contribution >= 4 is 30.1 Å². The number of benzene rings is 2. The van der Waals surface area contributed by atoms with Crippen LogP contribution in [0, 0.1) is 5.41 Å². The highest BCUT2D eigenvalue weighted by Crippen LogP contribution is 2.32. The van der Waals surface area contributed by atoms with Gasteiger partial charge in [0.2, 0.25) is 5.91 Å². The van der Waals surface area contributed by atoms with Gasteiger partial charge in [-0.2, -0.15) is 0 Å². The van der Waals surface area contributed by atoms with Gasteiger partial charge in [-0.05, 0) is 68.4 Å². The van der Waals surface area contributed by atoms with Crippen LogP contribution < -0.4 is 4.74 Å². The van der Waals surface area contributed by atoms with Gasteiger partial charge in [-0.1, -0.05) is 69.7 Å². The first-order valence-corrected chi connectivity index (χ1v) is 15.8. The monoisotopic (exact) mass is 611 g/mol. The number of allylic oxidation sites excluding steroid dienone is 1. The van der Waals surface area contributed by atoms with Crippen LogP contribution in [0.3, 0.4) is 0 Å². The van der Waals surface area contributed by atoms with E-state index in [2.05, 4.69) is 28.6 Å². The number of hydrogen-bond donors (Lipinski definition) is 0. The molecule has 0 saturated carbocycles. The van der Waals surface area contributed by atoms with Gasteiger partial charge >= 0.3 is 6.16 Å². The summed E-state index contributed by atoms with van der Waals surface area (Å²) in [7, 11) is 0. The van der Waals surface area contributed by atoms with Gasteiger partial charge < -0.3 is 18.8 Å². The SMILES string of the molecule is CCCCc1nc2c(n1Cc1ccc(-c3ccccc3OC(=O)OC(C)(C)C)cc1)CC(=NC(=O)CC(C)(CC)CC=O)C=C2. The number of aryl methyl sites for hydroxylation is 1. The van der Waals surface area contributed by atoms with Crippen molar-refractivity contribution in [3.63, 3.8) is 0 Å². The molecule has 1 unspecified atom stereocenters. The van der Waals surface area contributed by atoms with E-state index in [0.29, 0.717) is 30.8 Å². The number of aromatic nitrogens is 2. The minimum atomic E-state index is -0.741. The molecule has 0 spiro atoms. The number of unbranched alkanes of at least 4 members (excludes halogenated alkanes) is 1. The first-order chi connectivity index (χ1) is 21.4. The van der Waals surface area contributed by atoms with Gasteiger partial charge in [-0.3, -0.25) is 4.79 Å². The Balaban J connectivity index is 1.56. The Morgan fingerprint density at radius 1 is 1.02 bits per heavy atom. The number of hydrogen-bond acceptors (Lipinski definition) is 6. The molecule has 238 valence electrons. The third-order valence-electron chi connectivity index (χ3n) is 8.07. The van der Waals surface area contributed by atoms with Gasteiger partial charge in [0.25, 0.3) is 0 Å². The molecule has 0 radical (unpaired) electrons. The lowest BCUT2D eigenvalue weighted by Gasteiger charge is -2.23. The van der Waals surface area contributed by atoms with Crippen molar-refractivity contribution in [2.75, 3.05) is 0 Å². The summed E-state index contributed by atoms with van der Waals surface area (Å²) in [6.45, 7) is 12.1. The van der Waals surface area contributed by atoms with Crippen molar-refractivity contribution in [3.05, 3.63) is 77.4 Å². The number of ether oxygens (including phenoxy) is 2. The van der Waals surface area contributed by atoms with Crippen LogP contribution in [0.25, 0.3) is 17.2 Å². The smallest absolute Gasteiger partial charge is 0.428 e. The Hall–Kier alpha value is -4.33. The zero-order chi connectivity index (χ0) is 32.6. The summed E-state index contributed by atoms with van der Waals surface area (Å²) in [6, 6.07) is 15.6. The number of amides is 1. The molecule has 0 N–H and O–H groups in total. The van der Waals surface area contributed by atoms with Crippen LogP contribution in [-0.4, -0.2) is 39.2 Å². The Labute approximate surface area is 266 Å². The first-order valence-electron chi connectivity index (χ1n) is 15.8. The van der Waals surface area contributed by atoms with E-state index in [1.54, 1.807) is 26.8 Å². The first kappa shape index (κ1) is 33.6. The molecule has 1 amide bonds. The highest BCUT2D eigenvalue weighted by molar-refractivity contribution is 6.07. The van der Waals surface area contributed by atoms with Crippen LogP contribution in [-0.2, 0) is 33.7 Å². The van der Waals surface area contributed by atoms with Crippen molar-refractivity contribution in [1.29, 1.82) is 0 Å². The lowest BCUT2D eigenvalue weighted by atomic mass is 9.81. The second-order valence-electron chi connectivity index (χ2n) is 13.0. The van der Waals surface area contributed by atoms with Gasteiger partial charge in [0, 0.05) is 37.8 Å². The van der Waals surface area contributed by atoms with Crippen LogP contribution in [0.1, 0.15) is 96.4 Å². The van der Waals surface area contributed by atoms with Crippen molar-refractivity contribution in [1.82, 2.24) is 9.55 Å². The van der Waals surface area contributed by atoms with Gasteiger partial charge in [-0.25, -0.2) is 14.8 Å².